The Morgan fingerprint density at radius 2 is 1.71 bits per heavy atom. The molecule has 0 bridgehead atoms. The average Bonchev–Trinajstić information content (AvgIpc) is 2.74. The molecule has 0 aliphatic heterocycles. The summed E-state index contributed by atoms with van der Waals surface area (Å²) in [5.74, 6) is -1.35. The third-order valence-corrected chi connectivity index (χ3v) is 11.3. The number of hydrogen-bond acceptors (Lipinski definition) is 7. The molecule has 0 amide bonds. The molecule has 9 heteroatoms. The Kier molecular flexibility index (Phi) is 11.4. The molecule has 0 saturated heterocycles. The third kappa shape index (κ3) is 7.92. The number of carbonyl (C=O) groups excluding carboxylic acids is 2. The van der Waals surface area contributed by atoms with Crippen LogP contribution in [-0.2, 0) is 14.0 Å². The molecule has 0 aliphatic rings. The van der Waals surface area contributed by atoms with Gasteiger partial charge in [0.25, 0.3) is 0 Å². The summed E-state index contributed by atoms with van der Waals surface area (Å²) in [6, 6.07) is 2.98. The van der Waals surface area contributed by atoms with Crippen molar-refractivity contribution in [2.45, 2.75) is 65.7 Å². The fourth-order valence-electron chi connectivity index (χ4n) is 2.80. The van der Waals surface area contributed by atoms with Crippen molar-refractivity contribution in [3.05, 3.63) is 22.2 Å². The minimum Gasteiger partial charge on any atom is -0.496 e. The van der Waals surface area contributed by atoms with Gasteiger partial charge in [-0.3, -0.25) is 14.6 Å². The third-order valence-electron chi connectivity index (χ3n) is 6.18. The molecule has 1 unspecified atom stereocenters. The fourth-order valence-corrected chi connectivity index (χ4v) is 4.33. The lowest BCUT2D eigenvalue weighted by Crippen LogP contribution is -2.43. The first-order chi connectivity index (χ1) is 15.7. The maximum absolute atomic E-state index is 13.5. The van der Waals surface area contributed by atoms with Gasteiger partial charge in [-0.25, -0.2) is 0 Å². The summed E-state index contributed by atoms with van der Waals surface area (Å²) < 4.78 is 22.8. The van der Waals surface area contributed by atoms with Gasteiger partial charge in [-0.15, -0.1) is 0 Å². The number of Topliss-reactive ketones (excluding diaryl/α,β-unsaturated/α-hetero) is 1. The predicted molar refractivity (Wildman–Crippen MR) is 142 cm³/mol. The van der Waals surface area contributed by atoms with Crippen molar-refractivity contribution in [3.63, 3.8) is 0 Å². The normalized spacial score (nSPS) is 14.2. The van der Waals surface area contributed by atoms with Gasteiger partial charge in [0.05, 0.1) is 43.5 Å². The average molecular weight is 559 g/mol. The second kappa shape index (κ2) is 12.8. The van der Waals surface area contributed by atoms with Gasteiger partial charge in [0.15, 0.2) is 20.0 Å². The number of methoxy groups -OCH3 is 2. The van der Waals surface area contributed by atoms with Gasteiger partial charge in [0, 0.05) is 12.3 Å². The summed E-state index contributed by atoms with van der Waals surface area (Å²) in [7, 11) is 1.01. The van der Waals surface area contributed by atoms with E-state index in [1.165, 1.54) is 20.4 Å². The number of esters is 1. The number of carbonyl (C=O) groups is 2. The number of benzene rings is 1. The van der Waals surface area contributed by atoms with Gasteiger partial charge >= 0.3 is 5.97 Å². The molecular formula is C25H40BrNO6Si. The van der Waals surface area contributed by atoms with E-state index in [9.17, 15) is 9.59 Å². The fraction of sp³-hybridized carbons (Fsp3) is 0.640. The summed E-state index contributed by atoms with van der Waals surface area (Å²) in [6.07, 6.45) is 1.40. The molecule has 0 aliphatic carbocycles. The van der Waals surface area contributed by atoms with Crippen LogP contribution < -0.4 is 9.47 Å². The summed E-state index contributed by atoms with van der Waals surface area (Å²) in [5.41, 5.74) is 0.235. The molecule has 0 fully saturated rings. The van der Waals surface area contributed by atoms with E-state index in [2.05, 4.69) is 54.8 Å². The van der Waals surface area contributed by atoms with Gasteiger partial charge in [-0.1, -0.05) is 34.6 Å². The summed E-state index contributed by atoms with van der Waals surface area (Å²) in [4.78, 5) is 30.9. The molecule has 0 aromatic heterocycles. The Morgan fingerprint density at radius 1 is 1.12 bits per heavy atom. The molecule has 0 saturated carbocycles. The van der Waals surface area contributed by atoms with Gasteiger partial charge in [0.1, 0.15) is 11.5 Å². The van der Waals surface area contributed by atoms with Crippen molar-refractivity contribution >= 4 is 42.2 Å². The summed E-state index contributed by atoms with van der Waals surface area (Å²) in [5, 5.41) is 0.0694. The Labute approximate surface area is 213 Å². The van der Waals surface area contributed by atoms with Crippen LogP contribution in [0.3, 0.4) is 0 Å². The number of aliphatic imine (C=N–C) groups is 1. The number of ether oxygens (including phenoxy) is 3. The number of nitrogens with zero attached hydrogens (tertiary/aromatic N) is 1. The van der Waals surface area contributed by atoms with Crippen molar-refractivity contribution in [3.8, 4) is 11.5 Å². The van der Waals surface area contributed by atoms with Crippen molar-refractivity contribution in [2.75, 3.05) is 27.4 Å². The highest BCUT2D eigenvalue weighted by Gasteiger charge is 2.38. The van der Waals surface area contributed by atoms with E-state index in [1.807, 2.05) is 13.8 Å². The molecule has 2 atom stereocenters. The van der Waals surface area contributed by atoms with Crippen LogP contribution in [0.2, 0.25) is 18.1 Å². The lowest BCUT2D eigenvalue weighted by molar-refractivity contribution is -0.144. The second-order valence-corrected chi connectivity index (χ2v) is 15.6. The van der Waals surface area contributed by atoms with Gasteiger partial charge in [-0.05, 0) is 53.0 Å². The van der Waals surface area contributed by atoms with Crippen molar-refractivity contribution in [1.82, 2.24) is 0 Å². The first kappa shape index (κ1) is 30.3. The van der Waals surface area contributed by atoms with E-state index in [0.717, 1.165) is 0 Å². The Bertz CT molecular complexity index is 879. The van der Waals surface area contributed by atoms with Gasteiger partial charge < -0.3 is 18.6 Å². The first-order valence-electron chi connectivity index (χ1n) is 11.5. The first-order valence-corrected chi connectivity index (χ1v) is 15.2. The van der Waals surface area contributed by atoms with Crippen LogP contribution in [0.1, 0.15) is 51.9 Å². The molecule has 34 heavy (non-hydrogen) atoms. The van der Waals surface area contributed by atoms with Crippen LogP contribution in [0.25, 0.3) is 0 Å². The van der Waals surface area contributed by atoms with Crippen LogP contribution in [0.5, 0.6) is 11.5 Å². The second-order valence-electron chi connectivity index (χ2n) is 9.96. The lowest BCUT2D eigenvalue weighted by atomic mass is 9.97. The SMILES string of the molecule is CCOC(=O)C(C=N[C@H](CO[Si](C)(C)C(C)(C)C)C(C)C)C(=O)c1cc(Br)c(OC)cc1OC. The largest absolute Gasteiger partial charge is 0.496 e. The zero-order valence-corrected chi connectivity index (χ0v) is 24.7. The highest BCUT2D eigenvalue weighted by Crippen LogP contribution is 2.37. The summed E-state index contributed by atoms with van der Waals surface area (Å²) >= 11 is 3.40. The van der Waals surface area contributed by atoms with Crippen LogP contribution in [0.15, 0.2) is 21.6 Å². The maximum atomic E-state index is 13.5. The minimum absolute atomic E-state index is 0.0694. The maximum Gasteiger partial charge on any atom is 0.322 e. The van der Waals surface area contributed by atoms with E-state index in [4.69, 9.17) is 18.6 Å². The molecule has 1 aromatic carbocycles. The smallest absolute Gasteiger partial charge is 0.322 e. The number of hydrogen-bond donors (Lipinski definition) is 0. The quantitative estimate of drug-likeness (QED) is 0.104. The molecule has 0 radical (unpaired) electrons. The standard InChI is InChI=1S/C25H40BrNO6Si/c1-11-32-24(29)18(23(28)17-12-19(26)22(31-8)13-21(17)30-7)14-27-20(16(2)3)15-33-34(9,10)25(4,5)6/h12-14,16,18,20H,11,15H2,1-10H3/t18?,20-/m1/s1. The summed E-state index contributed by atoms with van der Waals surface area (Å²) in [6.45, 7) is 17.3. The topological polar surface area (TPSA) is 83.4 Å². The zero-order chi connectivity index (χ0) is 26.3. The van der Waals surface area contributed by atoms with Gasteiger partial charge in [-0.2, -0.15) is 0 Å². The number of rotatable bonds is 12. The Hall–Kier alpha value is -1.71. The molecule has 192 valence electrons. The molecule has 7 nitrogen and oxygen atoms in total. The predicted octanol–water partition coefficient (Wildman–Crippen LogP) is 5.95. The highest BCUT2D eigenvalue weighted by atomic mass is 79.9. The van der Waals surface area contributed by atoms with Crippen LogP contribution >= 0.6 is 15.9 Å². The Balaban J connectivity index is 3.31. The molecule has 0 N–H and O–H groups in total. The van der Waals surface area contributed by atoms with Crippen molar-refractivity contribution in [2.24, 2.45) is 16.8 Å². The van der Waals surface area contributed by atoms with E-state index >= 15 is 0 Å². The van der Waals surface area contributed by atoms with Crippen molar-refractivity contribution < 1.29 is 28.2 Å². The zero-order valence-electron chi connectivity index (χ0n) is 22.2. The molecule has 1 rings (SSSR count). The van der Waals surface area contributed by atoms with E-state index in [-0.39, 0.29) is 29.2 Å². The van der Waals surface area contributed by atoms with Gasteiger partial charge in [0.2, 0.25) is 0 Å². The number of halogens is 1. The molecule has 0 spiro atoms. The van der Waals surface area contributed by atoms with Crippen molar-refractivity contribution in [1.29, 1.82) is 0 Å². The van der Waals surface area contributed by atoms with E-state index in [0.29, 0.717) is 22.6 Å². The van der Waals surface area contributed by atoms with Crippen LogP contribution in [0.4, 0.5) is 0 Å². The van der Waals surface area contributed by atoms with Crippen LogP contribution in [-0.4, -0.2) is 59.8 Å². The van der Waals surface area contributed by atoms with E-state index in [1.54, 1.807) is 19.1 Å². The highest BCUT2D eigenvalue weighted by molar-refractivity contribution is 9.10. The minimum atomic E-state index is -1.97. The molecule has 1 aromatic rings. The van der Waals surface area contributed by atoms with Crippen LogP contribution in [0, 0.1) is 11.8 Å². The lowest BCUT2D eigenvalue weighted by Gasteiger charge is -2.37. The monoisotopic (exact) mass is 557 g/mol. The molecule has 0 heterocycles. The number of ketones is 1. The molecular weight excluding hydrogens is 518 g/mol. The van der Waals surface area contributed by atoms with E-state index < -0.39 is 26.0 Å². The Morgan fingerprint density at radius 3 is 2.18 bits per heavy atom.